The minimum absolute atomic E-state index is 0.338. The molecule has 2 N–H and O–H groups in total. The zero-order valence-corrected chi connectivity index (χ0v) is 8.28. The number of aliphatic carboxylic acids is 1. The summed E-state index contributed by atoms with van der Waals surface area (Å²) in [7, 11) is -2.56. The molecule has 1 unspecified atom stereocenters. The van der Waals surface area contributed by atoms with Gasteiger partial charge < -0.3 is 10.2 Å². The van der Waals surface area contributed by atoms with Crippen LogP contribution in [0.3, 0.4) is 0 Å². The van der Waals surface area contributed by atoms with E-state index in [1.54, 1.807) is 0 Å². The van der Waals surface area contributed by atoms with E-state index in [1.165, 1.54) is 14.0 Å². The van der Waals surface area contributed by atoms with Crippen LogP contribution in [0.5, 0.6) is 0 Å². The zero-order valence-electron chi connectivity index (χ0n) is 7.47. The molecule has 0 amide bonds. The van der Waals surface area contributed by atoms with Crippen molar-refractivity contribution in [2.24, 2.45) is 0 Å². The number of carboxylic acid groups (broad SMARTS) is 1. The minimum Gasteiger partial charge on any atom is -0.480 e. The summed E-state index contributed by atoms with van der Waals surface area (Å²) in [6, 6.07) is -0.607. The molecule has 0 aliphatic heterocycles. The van der Waals surface area contributed by atoms with Gasteiger partial charge in [0.05, 0.1) is 6.61 Å². The van der Waals surface area contributed by atoms with Crippen LogP contribution in [0.2, 0.25) is 0 Å². The molecule has 0 bridgehead atoms. The highest BCUT2D eigenvalue weighted by Crippen LogP contribution is 2.03. The Bertz CT molecular complexity index is 273. The number of rotatable bonds is 5. The highest BCUT2D eigenvalue weighted by molar-refractivity contribution is 7.89. The molecular formula is C6H13NO5S. The number of likely N-dealkylation sites (N-methyl/N-ethyl adjacent to an activating group) is 1. The molecule has 0 rings (SSSR count). The smallest absolute Gasteiger partial charge is 0.320 e. The van der Waals surface area contributed by atoms with Crippen molar-refractivity contribution in [3.05, 3.63) is 0 Å². The number of hydrogen-bond acceptors (Lipinski definition) is 4. The lowest BCUT2D eigenvalue weighted by atomic mass is 10.4. The number of nitrogens with zero attached hydrogens (tertiary/aromatic N) is 1. The van der Waals surface area contributed by atoms with E-state index in [4.69, 9.17) is 10.2 Å². The van der Waals surface area contributed by atoms with Crippen LogP contribution in [0.15, 0.2) is 0 Å². The molecule has 7 heteroatoms. The molecule has 0 aliphatic rings. The molecule has 0 spiro atoms. The summed E-state index contributed by atoms with van der Waals surface area (Å²) < 4.78 is 23.2. The van der Waals surface area contributed by atoms with Crippen LogP contribution >= 0.6 is 0 Å². The highest BCUT2D eigenvalue weighted by atomic mass is 32.2. The molecule has 0 heterocycles. The van der Waals surface area contributed by atoms with Gasteiger partial charge in [-0.2, -0.15) is 4.31 Å². The van der Waals surface area contributed by atoms with Crippen molar-refractivity contribution < 1.29 is 23.4 Å². The van der Waals surface area contributed by atoms with Crippen LogP contribution in [0.1, 0.15) is 6.92 Å². The largest absolute Gasteiger partial charge is 0.480 e. The average Bonchev–Trinajstić information content (AvgIpc) is 1.99. The van der Waals surface area contributed by atoms with E-state index in [1.807, 2.05) is 0 Å². The summed E-state index contributed by atoms with van der Waals surface area (Å²) in [4.78, 5) is 10.2. The van der Waals surface area contributed by atoms with E-state index < -0.39 is 27.8 Å². The Morgan fingerprint density at radius 1 is 1.54 bits per heavy atom. The predicted octanol–water partition coefficient (Wildman–Crippen LogP) is -1.29. The summed E-state index contributed by atoms with van der Waals surface area (Å²) in [5, 5.41) is 16.9. The average molecular weight is 211 g/mol. The topological polar surface area (TPSA) is 94.9 Å². The lowest BCUT2D eigenvalue weighted by Gasteiger charge is -2.21. The minimum atomic E-state index is -3.80. The Morgan fingerprint density at radius 2 is 2.00 bits per heavy atom. The van der Waals surface area contributed by atoms with Gasteiger partial charge in [0.2, 0.25) is 10.0 Å². The van der Waals surface area contributed by atoms with Gasteiger partial charge in [-0.1, -0.05) is 0 Å². The number of carbonyl (C=O) groups is 1. The first kappa shape index (κ1) is 12.3. The maximum Gasteiger partial charge on any atom is 0.320 e. The number of hydrogen-bond donors (Lipinski definition) is 2. The van der Waals surface area contributed by atoms with Gasteiger partial charge in [-0.3, -0.25) is 4.79 Å². The summed E-state index contributed by atoms with van der Waals surface area (Å²) in [6.07, 6.45) is 0. The standard InChI is InChI=1S/C6H13NO5S/c1-5(3-8)7(2)13(11,12)4-6(9)10/h5,8H,3-4H2,1-2H3,(H,9,10). The fraction of sp³-hybridized carbons (Fsp3) is 0.833. The van der Waals surface area contributed by atoms with E-state index in [0.717, 1.165) is 4.31 Å². The third kappa shape index (κ3) is 3.71. The van der Waals surface area contributed by atoms with Crippen LogP contribution in [0, 0.1) is 0 Å². The molecule has 0 aromatic heterocycles. The van der Waals surface area contributed by atoms with Crippen molar-refractivity contribution in [2.45, 2.75) is 13.0 Å². The van der Waals surface area contributed by atoms with Gasteiger partial charge in [-0.25, -0.2) is 8.42 Å². The molecule has 0 fully saturated rings. The van der Waals surface area contributed by atoms with Crippen molar-refractivity contribution in [3.8, 4) is 0 Å². The molecule has 0 radical (unpaired) electrons. The normalized spacial score (nSPS) is 14.5. The molecular weight excluding hydrogens is 198 g/mol. The molecule has 13 heavy (non-hydrogen) atoms. The monoisotopic (exact) mass is 211 g/mol. The molecule has 1 atom stereocenters. The summed E-state index contributed by atoms with van der Waals surface area (Å²) >= 11 is 0. The summed E-state index contributed by atoms with van der Waals surface area (Å²) in [5.74, 6) is -2.36. The second-order valence-electron chi connectivity index (χ2n) is 2.70. The quantitative estimate of drug-likeness (QED) is 0.590. The van der Waals surface area contributed by atoms with Gasteiger partial charge in [0.1, 0.15) is 0 Å². The van der Waals surface area contributed by atoms with E-state index in [0.29, 0.717) is 0 Å². The first-order chi connectivity index (χ1) is 5.81. The molecule has 0 aromatic carbocycles. The van der Waals surface area contributed by atoms with Crippen LogP contribution in [0.25, 0.3) is 0 Å². The lowest BCUT2D eigenvalue weighted by molar-refractivity contribution is -0.134. The van der Waals surface area contributed by atoms with Crippen molar-refractivity contribution in [3.63, 3.8) is 0 Å². The Kier molecular flexibility index (Phi) is 4.31. The first-order valence-corrected chi connectivity index (χ1v) is 5.20. The molecule has 78 valence electrons. The Balaban J connectivity index is 4.55. The van der Waals surface area contributed by atoms with Crippen LogP contribution in [0.4, 0.5) is 0 Å². The van der Waals surface area contributed by atoms with Crippen molar-refractivity contribution in [1.82, 2.24) is 4.31 Å². The fourth-order valence-electron chi connectivity index (χ4n) is 0.647. The maximum absolute atomic E-state index is 11.2. The first-order valence-electron chi connectivity index (χ1n) is 3.59. The van der Waals surface area contributed by atoms with Gasteiger partial charge in [0.25, 0.3) is 0 Å². The van der Waals surface area contributed by atoms with Gasteiger partial charge in [0.15, 0.2) is 5.75 Å². The highest BCUT2D eigenvalue weighted by Gasteiger charge is 2.25. The molecule has 0 saturated carbocycles. The number of aliphatic hydroxyl groups excluding tert-OH is 1. The van der Waals surface area contributed by atoms with Crippen molar-refractivity contribution >= 4 is 16.0 Å². The van der Waals surface area contributed by atoms with Gasteiger partial charge in [0, 0.05) is 13.1 Å². The van der Waals surface area contributed by atoms with E-state index in [9.17, 15) is 13.2 Å². The molecule has 6 nitrogen and oxygen atoms in total. The van der Waals surface area contributed by atoms with E-state index in [2.05, 4.69) is 0 Å². The Hall–Kier alpha value is -0.660. The van der Waals surface area contributed by atoms with Crippen molar-refractivity contribution in [1.29, 1.82) is 0 Å². The van der Waals surface area contributed by atoms with Gasteiger partial charge in [-0.15, -0.1) is 0 Å². The third-order valence-electron chi connectivity index (χ3n) is 1.63. The number of carboxylic acids is 1. The Labute approximate surface area is 76.8 Å². The van der Waals surface area contributed by atoms with Crippen LogP contribution in [-0.4, -0.2) is 54.4 Å². The lowest BCUT2D eigenvalue weighted by Crippen LogP contribution is -2.40. The number of sulfonamides is 1. The van der Waals surface area contributed by atoms with E-state index >= 15 is 0 Å². The second-order valence-corrected chi connectivity index (χ2v) is 4.73. The molecule has 0 aliphatic carbocycles. The van der Waals surface area contributed by atoms with Crippen LogP contribution in [-0.2, 0) is 14.8 Å². The molecule has 0 saturated heterocycles. The number of aliphatic hydroxyl groups is 1. The second kappa shape index (κ2) is 4.54. The molecule has 0 aromatic rings. The zero-order chi connectivity index (χ0) is 10.6. The Morgan fingerprint density at radius 3 is 2.31 bits per heavy atom. The third-order valence-corrected chi connectivity index (χ3v) is 3.48. The SMILES string of the molecule is CC(CO)N(C)S(=O)(=O)CC(=O)O. The summed E-state index contributed by atoms with van der Waals surface area (Å²) in [6.45, 7) is 1.15. The van der Waals surface area contributed by atoms with E-state index in [-0.39, 0.29) is 6.61 Å². The van der Waals surface area contributed by atoms with Gasteiger partial charge >= 0.3 is 5.97 Å². The van der Waals surface area contributed by atoms with Crippen LogP contribution < -0.4 is 0 Å². The maximum atomic E-state index is 11.2. The predicted molar refractivity (Wildman–Crippen MR) is 45.7 cm³/mol. The summed E-state index contributed by atoms with van der Waals surface area (Å²) in [5.41, 5.74) is 0. The van der Waals surface area contributed by atoms with Crippen molar-refractivity contribution in [2.75, 3.05) is 19.4 Å². The fourth-order valence-corrected chi connectivity index (χ4v) is 1.78. The van der Waals surface area contributed by atoms with Gasteiger partial charge in [-0.05, 0) is 6.92 Å².